The molecule has 4 rings (SSSR count). The van der Waals surface area contributed by atoms with Crippen molar-refractivity contribution in [2.75, 3.05) is 26.3 Å². The summed E-state index contributed by atoms with van der Waals surface area (Å²) in [7, 11) is 1.76. The lowest BCUT2D eigenvalue weighted by Crippen LogP contribution is -2.40. The number of imidazole rings is 1. The van der Waals surface area contributed by atoms with Gasteiger partial charge in [0.2, 0.25) is 0 Å². The lowest BCUT2D eigenvalue weighted by Gasteiger charge is -2.27. The van der Waals surface area contributed by atoms with E-state index in [0.717, 1.165) is 22.3 Å². The predicted molar refractivity (Wildman–Crippen MR) is 121 cm³/mol. The highest BCUT2D eigenvalue weighted by atomic mass is 16.5. The Balaban J connectivity index is 1.76. The lowest BCUT2D eigenvalue weighted by atomic mass is 9.97. The molecule has 0 atom stereocenters. The molecular weight excluding hydrogens is 392 g/mol. The minimum atomic E-state index is -0.0671. The number of amides is 1. The Kier molecular flexibility index (Phi) is 5.47. The summed E-state index contributed by atoms with van der Waals surface area (Å²) in [5.41, 5.74) is 4.71. The number of benzene rings is 1. The van der Waals surface area contributed by atoms with Crippen LogP contribution in [-0.2, 0) is 18.3 Å². The van der Waals surface area contributed by atoms with Gasteiger partial charge in [0.05, 0.1) is 24.4 Å². The van der Waals surface area contributed by atoms with Gasteiger partial charge in [-0.1, -0.05) is 26.8 Å². The van der Waals surface area contributed by atoms with E-state index >= 15 is 0 Å². The van der Waals surface area contributed by atoms with E-state index in [9.17, 15) is 9.59 Å². The number of aromatic nitrogens is 3. The molecule has 3 heterocycles. The maximum atomic E-state index is 12.9. The molecule has 7 nitrogen and oxygen atoms in total. The number of pyridine rings is 1. The van der Waals surface area contributed by atoms with Crippen LogP contribution in [0.2, 0.25) is 0 Å². The fraction of sp³-hybridized carbons (Fsp3) is 0.458. The normalized spacial score (nSPS) is 14.9. The van der Waals surface area contributed by atoms with Crippen LogP contribution in [0.15, 0.2) is 35.1 Å². The molecule has 0 radical (unpaired) electrons. The van der Waals surface area contributed by atoms with Crippen molar-refractivity contribution in [3.8, 4) is 11.3 Å². The highest BCUT2D eigenvalue weighted by Gasteiger charge is 2.21. The standard InChI is InChI=1S/C24H30N4O3/c1-16-6-7-17(22(29)27-10-12-31-13-11-27)14-18(16)19-8-9-20-21(25-19)26(5)23(30)28(20)15-24(2,3)4/h6-9,14H,10-13,15H2,1-5H3. The molecule has 1 aromatic carbocycles. The lowest BCUT2D eigenvalue weighted by molar-refractivity contribution is 0.0303. The van der Waals surface area contributed by atoms with Gasteiger partial charge in [-0.15, -0.1) is 0 Å². The summed E-state index contributed by atoms with van der Waals surface area (Å²) in [5.74, 6) is 0.00866. The number of hydrogen-bond donors (Lipinski definition) is 0. The Bertz CT molecular complexity index is 1190. The monoisotopic (exact) mass is 422 g/mol. The summed E-state index contributed by atoms with van der Waals surface area (Å²) in [5, 5.41) is 0. The second kappa shape index (κ2) is 7.96. The Morgan fingerprint density at radius 3 is 2.52 bits per heavy atom. The first kappa shape index (κ1) is 21.3. The van der Waals surface area contributed by atoms with Crippen LogP contribution in [0.4, 0.5) is 0 Å². The van der Waals surface area contributed by atoms with Crippen molar-refractivity contribution in [3.05, 3.63) is 51.9 Å². The molecule has 31 heavy (non-hydrogen) atoms. The van der Waals surface area contributed by atoms with E-state index < -0.39 is 0 Å². The molecule has 1 saturated heterocycles. The summed E-state index contributed by atoms with van der Waals surface area (Å²) >= 11 is 0. The van der Waals surface area contributed by atoms with Crippen LogP contribution in [-0.4, -0.2) is 51.2 Å². The molecule has 1 amide bonds. The first-order valence-electron chi connectivity index (χ1n) is 10.7. The van der Waals surface area contributed by atoms with Gasteiger partial charge in [-0.3, -0.25) is 13.9 Å². The average Bonchev–Trinajstić information content (AvgIpc) is 2.97. The number of ether oxygens (including phenoxy) is 1. The van der Waals surface area contributed by atoms with Gasteiger partial charge in [0.25, 0.3) is 5.91 Å². The van der Waals surface area contributed by atoms with Crippen molar-refractivity contribution in [1.29, 1.82) is 0 Å². The highest BCUT2D eigenvalue weighted by Crippen LogP contribution is 2.27. The smallest absolute Gasteiger partial charge is 0.330 e. The molecule has 0 unspecified atom stereocenters. The van der Waals surface area contributed by atoms with E-state index in [1.807, 2.05) is 42.2 Å². The van der Waals surface area contributed by atoms with E-state index in [4.69, 9.17) is 9.72 Å². The summed E-state index contributed by atoms with van der Waals surface area (Å²) in [6.45, 7) is 11.3. The third kappa shape index (κ3) is 4.14. The zero-order chi connectivity index (χ0) is 22.3. The maximum absolute atomic E-state index is 12.9. The van der Waals surface area contributed by atoms with E-state index in [2.05, 4.69) is 20.8 Å². The zero-order valence-electron chi connectivity index (χ0n) is 18.9. The number of carbonyl (C=O) groups is 1. The van der Waals surface area contributed by atoms with Crippen LogP contribution in [0.25, 0.3) is 22.4 Å². The highest BCUT2D eigenvalue weighted by molar-refractivity contribution is 5.96. The fourth-order valence-corrected chi connectivity index (χ4v) is 4.03. The van der Waals surface area contributed by atoms with Crippen molar-refractivity contribution in [3.63, 3.8) is 0 Å². The van der Waals surface area contributed by atoms with Crippen LogP contribution in [0.1, 0.15) is 36.7 Å². The van der Waals surface area contributed by atoms with E-state index in [1.54, 1.807) is 16.2 Å². The Labute approximate surface area is 182 Å². The quantitative estimate of drug-likeness (QED) is 0.650. The van der Waals surface area contributed by atoms with Gasteiger partial charge in [-0.25, -0.2) is 9.78 Å². The number of nitrogens with zero attached hydrogens (tertiary/aromatic N) is 4. The molecule has 0 saturated carbocycles. The van der Waals surface area contributed by atoms with Crippen LogP contribution < -0.4 is 5.69 Å². The minimum absolute atomic E-state index is 0.00866. The molecule has 0 spiro atoms. The van der Waals surface area contributed by atoms with Gasteiger partial charge in [0, 0.05) is 37.8 Å². The van der Waals surface area contributed by atoms with Crippen molar-refractivity contribution < 1.29 is 9.53 Å². The predicted octanol–water partition coefficient (Wildman–Crippen LogP) is 3.23. The van der Waals surface area contributed by atoms with Gasteiger partial charge < -0.3 is 9.64 Å². The topological polar surface area (TPSA) is 69.4 Å². The van der Waals surface area contributed by atoms with E-state index in [0.29, 0.717) is 44.1 Å². The number of hydrogen-bond acceptors (Lipinski definition) is 4. The molecule has 7 heteroatoms. The molecule has 1 fully saturated rings. The summed E-state index contributed by atoms with van der Waals surface area (Å²) in [4.78, 5) is 32.4. The van der Waals surface area contributed by atoms with Crippen molar-refractivity contribution in [1.82, 2.24) is 19.0 Å². The first-order chi connectivity index (χ1) is 14.7. The van der Waals surface area contributed by atoms with Gasteiger partial charge >= 0.3 is 5.69 Å². The largest absolute Gasteiger partial charge is 0.378 e. The zero-order valence-corrected chi connectivity index (χ0v) is 18.9. The van der Waals surface area contributed by atoms with Gasteiger partial charge in [-0.05, 0) is 42.2 Å². The van der Waals surface area contributed by atoms with Crippen LogP contribution >= 0.6 is 0 Å². The molecule has 0 N–H and O–H groups in total. The van der Waals surface area contributed by atoms with Crippen molar-refractivity contribution in [2.45, 2.75) is 34.2 Å². The molecule has 3 aromatic rings. The maximum Gasteiger partial charge on any atom is 0.330 e. The average molecular weight is 423 g/mol. The van der Waals surface area contributed by atoms with Gasteiger partial charge in [0.1, 0.15) is 0 Å². The summed E-state index contributed by atoms with van der Waals surface area (Å²) < 4.78 is 8.75. The van der Waals surface area contributed by atoms with Crippen LogP contribution in [0.5, 0.6) is 0 Å². The third-order valence-corrected chi connectivity index (χ3v) is 5.67. The Morgan fingerprint density at radius 2 is 1.84 bits per heavy atom. The Morgan fingerprint density at radius 1 is 1.13 bits per heavy atom. The van der Waals surface area contributed by atoms with E-state index in [-0.39, 0.29) is 17.0 Å². The molecule has 2 aromatic heterocycles. The molecule has 0 aliphatic carbocycles. The molecule has 1 aliphatic rings. The number of morpholine rings is 1. The number of fused-ring (bicyclic) bond motifs is 1. The number of aryl methyl sites for hydroxylation is 2. The van der Waals surface area contributed by atoms with Crippen LogP contribution in [0, 0.1) is 12.3 Å². The van der Waals surface area contributed by atoms with E-state index in [1.165, 1.54) is 0 Å². The van der Waals surface area contributed by atoms with Crippen LogP contribution in [0.3, 0.4) is 0 Å². The first-order valence-corrected chi connectivity index (χ1v) is 10.7. The number of rotatable bonds is 3. The Hall–Kier alpha value is -2.93. The summed E-state index contributed by atoms with van der Waals surface area (Å²) in [6, 6.07) is 9.63. The number of carbonyl (C=O) groups excluding carboxylic acids is 1. The fourth-order valence-electron chi connectivity index (χ4n) is 4.03. The van der Waals surface area contributed by atoms with Gasteiger partial charge in [-0.2, -0.15) is 0 Å². The van der Waals surface area contributed by atoms with Crippen molar-refractivity contribution in [2.24, 2.45) is 12.5 Å². The SMILES string of the molecule is Cc1ccc(C(=O)N2CCOCC2)cc1-c1ccc2c(n1)n(C)c(=O)n2CC(C)(C)C. The third-order valence-electron chi connectivity index (χ3n) is 5.67. The molecule has 164 valence electrons. The molecular formula is C24H30N4O3. The second-order valence-corrected chi connectivity index (χ2v) is 9.46. The minimum Gasteiger partial charge on any atom is -0.378 e. The van der Waals surface area contributed by atoms with Crippen molar-refractivity contribution >= 4 is 17.1 Å². The molecule has 0 bridgehead atoms. The van der Waals surface area contributed by atoms with Gasteiger partial charge in [0.15, 0.2) is 5.65 Å². The molecule has 1 aliphatic heterocycles. The second-order valence-electron chi connectivity index (χ2n) is 9.46. The summed E-state index contributed by atoms with van der Waals surface area (Å²) in [6.07, 6.45) is 0.